The van der Waals surface area contributed by atoms with E-state index in [1.54, 1.807) is 0 Å². The zero-order valence-electron chi connectivity index (χ0n) is 14.7. The second kappa shape index (κ2) is 7.51. The molecule has 2 nitrogen and oxygen atoms in total. The maximum Gasteiger partial charge on any atom is 0.254 e. The van der Waals surface area contributed by atoms with Gasteiger partial charge in [0.05, 0.1) is 0 Å². The molecule has 1 amide bonds. The summed E-state index contributed by atoms with van der Waals surface area (Å²) < 4.78 is 0. The van der Waals surface area contributed by atoms with E-state index < -0.39 is 0 Å². The average Bonchev–Trinajstić information content (AvgIpc) is 2.94. The molecular formula is C23H22ClNO. The Bertz CT molecular complexity index is 914. The smallest absolute Gasteiger partial charge is 0.254 e. The van der Waals surface area contributed by atoms with Crippen LogP contribution in [-0.2, 0) is 0 Å². The van der Waals surface area contributed by atoms with Gasteiger partial charge in [0.15, 0.2) is 0 Å². The van der Waals surface area contributed by atoms with E-state index in [4.69, 9.17) is 11.6 Å². The highest BCUT2D eigenvalue weighted by molar-refractivity contribution is 6.30. The third-order valence-corrected chi connectivity index (χ3v) is 5.57. The Hall–Kier alpha value is -2.32. The maximum absolute atomic E-state index is 13.3. The van der Waals surface area contributed by atoms with Gasteiger partial charge in [0, 0.05) is 29.6 Å². The Morgan fingerprint density at radius 1 is 0.923 bits per heavy atom. The Balaban J connectivity index is 1.63. The molecule has 0 N–H and O–H groups in total. The van der Waals surface area contributed by atoms with Gasteiger partial charge in [-0.3, -0.25) is 4.79 Å². The lowest BCUT2D eigenvalue weighted by Crippen LogP contribution is -2.34. The summed E-state index contributed by atoms with van der Waals surface area (Å²) in [7, 11) is 0. The standard InChI is InChI=1S/C23H22ClNO/c24-20-13-11-17(12-14-20)19-7-3-4-15-25(16-19)23(26)22-10-5-8-18-6-1-2-9-21(18)22/h1-2,5-6,8-14,19H,3-4,7,15-16H2. The number of fused-ring (bicyclic) bond motifs is 1. The minimum atomic E-state index is 0.141. The summed E-state index contributed by atoms with van der Waals surface area (Å²) in [5.74, 6) is 0.511. The van der Waals surface area contributed by atoms with Crippen molar-refractivity contribution >= 4 is 28.3 Å². The molecule has 132 valence electrons. The van der Waals surface area contributed by atoms with E-state index in [0.717, 1.165) is 53.7 Å². The average molecular weight is 364 g/mol. The Morgan fingerprint density at radius 2 is 1.69 bits per heavy atom. The summed E-state index contributed by atoms with van der Waals surface area (Å²) in [6.45, 7) is 1.59. The molecule has 1 fully saturated rings. The minimum Gasteiger partial charge on any atom is -0.338 e. The number of carbonyl (C=O) groups excluding carboxylic acids is 1. The highest BCUT2D eigenvalue weighted by Gasteiger charge is 2.24. The van der Waals surface area contributed by atoms with Gasteiger partial charge in [0.25, 0.3) is 5.91 Å². The van der Waals surface area contributed by atoms with Crippen molar-refractivity contribution in [3.05, 3.63) is 82.9 Å². The number of rotatable bonds is 2. The van der Waals surface area contributed by atoms with Crippen molar-refractivity contribution in [1.29, 1.82) is 0 Å². The van der Waals surface area contributed by atoms with Crippen LogP contribution in [-0.4, -0.2) is 23.9 Å². The van der Waals surface area contributed by atoms with Crippen molar-refractivity contribution in [2.75, 3.05) is 13.1 Å². The second-order valence-electron chi connectivity index (χ2n) is 7.02. The highest BCUT2D eigenvalue weighted by atomic mass is 35.5. The van der Waals surface area contributed by atoms with Crippen molar-refractivity contribution in [1.82, 2.24) is 4.90 Å². The van der Waals surface area contributed by atoms with Crippen LogP contribution >= 0.6 is 11.6 Å². The number of likely N-dealkylation sites (tertiary alicyclic amines) is 1. The van der Waals surface area contributed by atoms with Gasteiger partial charge < -0.3 is 4.90 Å². The van der Waals surface area contributed by atoms with Gasteiger partial charge in [-0.2, -0.15) is 0 Å². The molecule has 1 saturated heterocycles. The normalized spacial score (nSPS) is 17.9. The fraction of sp³-hybridized carbons (Fsp3) is 0.261. The molecule has 3 aromatic rings. The summed E-state index contributed by atoms with van der Waals surface area (Å²) in [5.41, 5.74) is 2.08. The first-order valence-corrected chi connectivity index (χ1v) is 9.63. The van der Waals surface area contributed by atoms with Gasteiger partial charge in [0.2, 0.25) is 0 Å². The largest absolute Gasteiger partial charge is 0.338 e. The quantitative estimate of drug-likeness (QED) is 0.554. The van der Waals surface area contributed by atoms with E-state index in [1.165, 1.54) is 5.56 Å². The third kappa shape index (κ3) is 3.47. The Labute approximate surface area is 159 Å². The number of amides is 1. The van der Waals surface area contributed by atoms with Crippen LogP contribution in [0.5, 0.6) is 0 Å². The molecule has 0 radical (unpaired) electrons. The fourth-order valence-electron chi connectivity index (χ4n) is 3.92. The first-order chi connectivity index (χ1) is 12.7. The number of benzene rings is 3. The summed E-state index contributed by atoms with van der Waals surface area (Å²) >= 11 is 6.03. The van der Waals surface area contributed by atoms with E-state index in [-0.39, 0.29) is 5.91 Å². The van der Waals surface area contributed by atoms with Crippen molar-refractivity contribution in [2.45, 2.75) is 25.2 Å². The molecule has 1 unspecified atom stereocenters. The summed E-state index contributed by atoms with van der Waals surface area (Å²) in [6, 6.07) is 22.2. The molecule has 1 atom stereocenters. The molecule has 1 aliphatic heterocycles. The molecule has 1 heterocycles. The predicted octanol–water partition coefficient (Wildman–Crippen LogP) is 5.90. The number of carbonyl (C=O) groups is 1. The minimum absolute atomic E-state index is 0.141. The van der Waals surface area contributed by atoms with E-state index in [9.17, 15) is 4.79 Å². The van der Waals surface area contributed by atoms with Crippen LogP contribution in [0.4, 0.5) is 0 Å². The van der Waals surface area contributed by atoms with Gasteiger partial charge in [-0.15, -0.1) is 0 Å². The zero-order valence-corrected chi connectivity index (χ0v) is 15.5. The van der Waals surface area contributed by atoms with E-state index in [1.807, 2.05) is 47.4 Å². The van der Waals surface area contributed by atoms with E-state index in [2.05, 4.69) is 24.3 Å². The van der Waals surface area contributed by atoms with Crippen LogP contribution in [0.3, 0.4) is 0 Å². The monoisotopic (exact) mass is 363 g/mol. The van der Waals surface area contributed by atoms with Crippen LogP contribution in [0, 0.1) is 0 Å². The zero-order chi connectivity index (χ0) is 17.9. The molecule has 0 aromatic heterocycles. The van der Waals surface area contributed by atoms with Gasteiger partial charge in [-0.05, 0) is 47.4 Å². The molecule has 0 aliphatic carbocycles. The number of hydrogen-bond donors (Lipinski definition) is 0. The van der Waals surface area contributed by atoms with Gasteiger partial charge in [-0.1, -0.05) is 66.6 Å². The maximum atomic E-state index is 13.3. The van der Waals surface area contributed by atoms with Gasteiger partial charge >= 0.3 is 0 Å². The van der Waals surface area contributed by atoms with Crippen LogP contribution in [0.15, 0.2) is 66.7 Å². The van der Waals surface area contributed by atoms with Gasteiger partial charge in [0.1, 0.15) is 0 Å². The first kappa shape index (κ1) is 17.1. The molecule has 4 rings (SSSR count). The lowest BCUT2D eigenvalue weighted by Gasteiger charge is -2.25. The summed E-state index contributed by atoms with van der Waals surface area (Å²) in [6.07, 6.45) is 3.31. The fourth-order valence-corrected chi connectivity index (χ4v) is 4.04. The van der Waals surface area contributed by atoms with Crippen molar-refractivity contribution in [2.24, 2.45) is 0 Å². The van der Waals surface area contributed by atoms with Crippen LogP contribution in [0.2, 0.25) is 5.02 Å². The van der Waals surface area contributed by atoms with Crippen molar-refractivity contribution in [3.8, 4) is 0 Å². The van der Waals surface area contributed by atoms with E-state index >= 15 is 0 Å². The number of halogens is 1. The van der Waals surface area contributed by atoms with E-state index in [0.29, 0.717) is 5.92 Å². The van der Waals surface area contributed by atoms with Crippen LogP contribution in [0.1, 0.15) is 41.1 Å². The lowest BCUT2D eigenvalue weighted by atomic mass is 9.94. The topological polar surface area (TPSA) is 20.3 Å². The third-order valence-electron chi connectivity index (χ3n) is 5.32. The Kier molecular flexibility index (Phi) is 4.94. The molecular weight excluding hydrogens is 342 g/mol. The molecule has 0 bridgehead atoms. The molecule has 0 saturated carbocycles. The molecule has 3 heteroatoms. The molecule has 0 spiro atoms. The van der Waals surface area contributed by atoms with Crippen LogP contribution in [0.25, 0.3) is 10.8 Å². The van der Waals surface area contributed by atoms with Gasteiger partial charge in [-0.25, -0.2) is 0 Å². The number of nitrogens with zero attached hydrogens (tertiary/aromatic N) is 1. The number of hydrogen-bond acceptors (Lipinski definition) is 1. The Morgan fingerprint density at radius 3 is 2.54 bits per heavy atom. The summed E-state index contributed by atoms with van der Waals surface area (Å²) in [4.78, 5) is 15.3. The highest BCUT2D eigenvalue weighted by Crippen LogP contribution is 2.29. The molecule has 26 heavy (non-hydrogen) atoms. The van der Waals surface area contributed by atoms with Crippen LogP contribution < -0.4 is 0 Å². The molecule has 3 aromatic carbocycles. The first-order valence-electron chi connectivity index (χ1n) is 9.25. The second-order valence-corrected chi connectivity index (χ2v) is 7.46. The lowest BCUT2D eigenvalue weighted by molar-refractivity contribution is 0.0756. The SMILES string of the molecule is O=C(c1cccc2ccccc12)N1CCCCC(c2ccc(Cl)cc2)C1. The predicted molar refractivity (Wildman–Crippen MR) is 108 cm³/mol. The summed E-state index contributed by atoms with van der Waals surface area (Å²) in [5, 5.41) is 2.90. The molecule has 1 aliphatic rings. The van der Waals surface area contributed by atoms with Crippen molar-refractivity contribution < 1.29 is 4.79 Å². The van der Waals surface area contributed by atoms with Crippen molar-refractivity contribution in [3.63, 3.8) is 0 Å².